The fourth-order valence-corrected chi connectivity index (χ4v) is 1.81. The summed E-state index contributed by atoms with van der Waals surface area (Å²) in [7, 11) is 0. The van der Waals surface area contributed by atoms with E-state index >= 15 is 0 Å². The summed E-state index contributed by atoms with van der Waals surface area (Å²) in [5, 5.41) is 9.33. The Morgan fingerprint density at radius 1 is 1.16 bits per heavy atom. The number of hydrogen-bond donors (Lipinski definition) is 1. The highest BCUT2D eigenvalue weighted by molar-refractivity contribution is 6.20. The number of carboxylic acid groups (broad SMARTS) is 1. The van der Waals surface area contributed by atoms with E-state index in [4.69, 9.17) is 0 Å². The molecule has 3 heteroatoms. The Balaban J connectivity index is 2.40. The van der Waals surface area contributed by atoms with E-state index in [1.807, 2.05) is 24.3 Å². The van der Waals surface area contributed by atoms with Crippen LogP contribution in [0.5, 0.6) is 0 Å². The summed E-state index contributed by atoms with van der Waals surface area (Å²) >= 11 is 0. The summed E-state index contributed by atoms with van der Waals surface area (Å²) < 4.78 is 0. The fraction of sp³-hybridized carbons (Fsp3) is 0.125. The molecular formula is C16H15NO2. The van der Waals surface area contributed by atoms with Crippen LogP contribution in [0, 0.1) is 0 Å². The highest BCUT2D eigenvalue weighted by atomic mass is 16.4. The zero-order chi connectivity index (χ0) is 13.7. The van der Waals surface area contributed by atoms with E-state index in [1.54, 1.807) is 30.6 Å². The zero-order valence-electron chi connectivity index (χ0n) is 10.7. The minimum Gasteiger partial charge on any atom is -0.478 e. The minimum absolute atomic E-state index is 0.286. The van der Waals surface area contributed by atoms with Gasteiger partial charge in [-0.05, 0) is 41.3 Å². The molecule has 0 aliphatic rings. The molecule has 0 fully saturated rings. The standard InChI is InChI=1S/C16H15NO2/c1-2-12-3-5-14(6-4-12)15(16(18)19)11-13-7-9-17-10-8-13/h3-11H,2H2,1H3,(H,18,19)/b15-11-. The monoisotopic (exact) mass is 253 g/mol. The topological polar surface area (TPSA) is 50.2 Å². The molecule has 1 aromatic heterocycles. The van der Waals surface area contributed by atoms with E-state index in [-0.39, 0.29) is 5.57 Å². The maximum Gasteiger partial charge on any atom is 0.336 e. The van der Waals surface area contributed by atoms with Crippen molar-refractivity contribution in [1.82, 2.24) is 4.98 Å². The number of hydrogen-bond acceptors (Lipinski definition) is 2. The third kappa shape index (κ3) is 3.28. The SMILES string of the molecule is CCc1ccc(/C(=C/c2ccncc2)C(=O)O)cc1. The van der Waals surface area contributed by atoms with E-state index in [9.17, 15) is 9.90 Å². The van der Waals surface area contributed by atoms with Crippen LogP contribution in [0.1, 0.15) is 23.6 Å². The third-order valence-electron chi connectivity index (χ3n) is 2.92. The molecule has 0 unspecified atom stereocenters. The van der Waals surface area contributed by atoms with Crippen molar-refractivity contribution in [3.05, 3.63) is 65.5 Å². The second-order valence-corrected chi connectivity index (χ2v) is 4.19. The van der Waals surface area contributed by atoms with Crippen molar-refractivity contribution in [3.63, 3.8) is 0 Å². The first-order valence-electron chi connectivity index (χ1n) is 6.15. The minimum atomic E-state index is -0.930. The summed E-state index contributed by atoms with van der Waals surface area (Å²) in [4.78, 5) is 15.3. The average Bonchev–Trinajstić information content (AvgIpc) is 2.46. The second kappa shape index (κ2) is 5.96. The number of benzene rings is 1. The Hall–Kier alpha value is -2.42. The van der Waals surface area contributed by atoms with Crippen LogP contribution < -0.4 is 0 Å². The molecular weight excluding hydrogens is 238 g/mol. The van der Waals surface area contributed by atoms with Gasteiger partial charge in [-0.3, -0.25) is 4.98 Å². The van der Waals surface area contributed by atoms with E-state index in [0.717, 1.165) is 12.0 Å². The van der Waals surface area contributed by atoms with Crippen LogP contribution in [0.2, 0.25) is 0 Å². The van der Waals surface area contributed by atoms with Gasteiger partial charge in [0, 0.05) is 12.4 Å². The number of aliphatic carboxylic acids is 1. The fourth-order valence-electron chi connectivity index (χ4n) is 1.81. The molecule has 1 heterocycles. The predicted octanol–water partition coefficient (Wildman–Crippen LogP) is 3.27. The van der Waals surface area contributed by atoms with Gasteiger partial charge < -0.3 is 5.11 Å². The number of rotatable bonds is 4. The lowest BCUT2D eigenvalue weighted by molar-refractivity contribution is -0.130. The Labute approximate surface area is 112 Å². The van der Waals surface area contributed by atoms with E-state index in [0.29, 0.717) is 5.56 Å². The molecule has 0 spiro atoms. The van der Waals surface area contributed by atoms with Crippen LogP contribution >= 0.6 is 0 Å². The molecule has 1 N–H and O–H groups in total. The lowest BCUT2D eigenvalue weighted by Crippen LogP contribution is -1.99. The zero-order valence-corrected chi connectivity index (χ0v) is 10.7. The third-order valence-corrected chi connectivity index (χ3v) is 2.92. The van der Waals surface area contributed by atoms with Crippen LogP contribution in [-0.4, -0.2) is 16.1 Å². The molecule has 0 amide bonds. The molecule has 0 saturated heterocycles. The van der Waals surface area contributed by atoms with Crippen molar-refractivity contribution < 1.29 is 9.90 Å². The van der Waals surface area contributed by atoms with Crippen LogP contribution in [0.4, 0.5) is 0 Å². The number of pyridine rings is 1. The van der Waals surface area contributed by atoms with Crippen molar-refractivity contribution in [2.24, 2.45) is 0 Å². The normalized spacial score (nSPS) is 11.3. The van der Waals surface area contributed by atoms with Crippen LogP contribution in [0.25, 0.3) is 11.6 Å². The maximum absolute atomic E-state index is 11.4. The van der Waals surface area contributed by atoms with E-state index in [2.05, 4.69) is 11.9 Å². The lowest BCUT2D eigenvalue weighted by Gasteiger charge is -2.04. The van der Waals surface area contributed by atoms with Gasteiger partial charge in [0.2, 0.25) is 0 Å². The number of carbonyl (C=O) groups is 1. The van der Waals surface area contributed by atoms with Gasteiger partial charge in [-0.25, -0.2) is 4.79 Å². The van der Waals surface area contributed by atoms with Crippen molar-refractivity contribution in [3.8, 4) is 0 Å². The van der Waals surface area contributed by atoms with Crippen molar-refractivity contribution >= 4 is 17.6 Å². The van der Waals surface area contributed by atoms with Gasteiger partial charge >= 0.3 is 5.97 Å². The maximum atomic E-state index is 11.4. The first kappa shape index (κ1) is 13.0. The molecule has 0 bridgehead atoms. The molecule has 0 atom stereocenters. The second-order valence-electron chi connectivity index (χ2n) is 4.19. The highest BCUT2D eigenvalue weighted by Crippen LogP contribution is 2.19. The summed E-state index contributed by atoms with van der Waals surface area (Å²) in [6.07, 6.45) is 5.89. The quantitative estimate of drug-likeness (QED) is 0.851. The highest BCUT2D eigenvalue weighted by Gasteiger charge is 2.10. The summed E-state index contributed by atoms with van der Waals surface area (Å²) in [5.41, 5.74) is 3.01. The molecule has 2 rings (SSSR count). The molecule has 96 valence electrons. The summed E-state index contributed by atoms with van der Waals surface area (Å²) in [6.45, 7) is 2.07. The summed E-state index contributed by atoms with van der Waals surface area (Å²) in [6, 6.07) is 11.2. The predicted molar refractivity (Wildman–Crippen MR) is 75.6 cm³/mol. The molecule has 3 nitrogen and oxygen atoms in total. The summed E-state index contributed by atoms with van der Waals surface area (Å²) in [5.74, 6) is -0.930. The van der Waals surface area contributed by atoms with Gasteiger partial charge in [0.05, 0.1) is 5.57 Å². The molecule has 2 aromatic rings. The molecule has 19 heavy (non-hydrogen) atoms. The first-order chi connectivity index (χ1) is 9.20. The molecule has 1 aromatic carbocycles. The average molecular weight is 253 g/mol. The van der Waals surface area contributed by atoms with Gasteiger partial charge in [-0.2, -0.15) is 0 Å². The molecule has 0 aliphatic heterocycles. The smallest absolute Gasteiger partial charge is 0.336 e. The van der Waals surface area contributed by atoms with Crippen LogP contribution in [0.15, 0.2) is 48.8 Å². The van der Waals surface area contributed by atoms with Gasteiger partial charge in [-0.1, -0.05) is 31.2 Å². The van der Waals surface area contributed by atoms with Gasteiger partial charge in [0.1, 0.15) is 0 Å². The molecule has 0 saturated carbocycles. The number of carboxylic acids is 1. The van der Waals surface area contributed by atoms with Crippen LogP contribution in [0.3, 0.4) is 0 Å². The van der Waals surface area contributed by atoms with Gasteiger partial charge in [0.25, 0.3) is 0 Å². The van der Waals surface area contributed by atoms with Crippen molar-refractivity contribution in [1.29, 1.82) is 0 Å². The largest absolute Gasteiger partial charge is 0.478 e. The van der Waals surface area contributed by atoms with Gasteiger partial charge in [0.15, 0.2) is 0 Å². The number of nitrogens with zero attached hydrogens (tertiary/aromatic N) is 1. The molecule has 0 aliphatic carbocycles. The van der Waals surface area contributed by atoms with E-state index < -0.39 is 5.97 Å². The van der Waals surface area contributed by atoms with Crippen LogP contribution in [-0.2, 0) is 11.2 Å². The number of aromatic nitrogens is 1. The lowest BCUT2D eigenvalue weighted by atomic mass is 10.0. The van der Waals surface area contributed by atoms with Crippen molar-refractivity contribution in [2.45, 2.75) is 13.3 Å². The first-order valence-corrected chi connectivity index (χ1v) is 6.15. The van der Waals surface area contributed by atoms with E-state index in [1.165, 1.54) is 5.56 Å². The Kier molecular flexibility index (Phi) is 4.08. The van der Waals surface area contributed by atoms with Gasteiger partial charge in [-0.15, -0.1) is 0 Å². The molecule has 0 radical (unpaired) electrons. The number of aryl methyl sites for hydroxylation is 1. The Morgan fingerprint density at radius 3 is 2.32 bits per heavy atom. The Morgan fingerprint density at radius 2 is 1.79 bits per heavy atom. The van der Waals surface area contributed by atoms with Crippen molar-refractivity contribution in [2.75, 3.05) is 0 Å². The Bertz CT molecular complexity index is 586.